The summed E-state index contributed by atoms with van der Waals surface area (Å²) >= 11 is 0. The molecule has 28 heavy (non-hydrogen) atoms. The van der Waals surface area contributed by atoms with Crippen LogP contribution in [0, 0.1) is 0 Å². The van der Waals surface area contributed by atoms with Crippen LogP contribution in [0.2, 0.25) is 0 Å². The van der Waals surface area contributed by atoms with E-state index < -0.39 is 0 Å². The van der Waals surface area contributed by atoms with Gasteiger partial charge >= 0.3 is 0 Å². The summed E-state index contributed by atoms with van der Waals surface area (Å²) in [6, 6.07) is 15.4. The van der Waals surface area contributed by atoms with Crippen LogP contribution in [0.3, 0.4) is 0 Å². The third kappa shape index (κ3) is 5.65. The van der Waals surface area contributed by atoms with Crippen molar-refractivity contribution in [2.75, 3.05) is 26.2 Å². The van der Waals surface area contributed by atoms with Crippen LogP contribution in [-0.2, 0) is 6.42 Å². The summed E-state index contributed by atoms with van der Waals surface area (Å²) in [6.45, 7) is 2.75. The molecule has 0 saturated carbocycles. The standard InChI is InChI=1S/C22H28N4O2/c23-25-21(15-24-20-6-4-17(5-7-20)10-13-27)16-26-11-8-18(9-12-26)19-2-1-3-22(28)14-19/h1-7,14-15,18,27-28H,8-13,16,23H2. The van der Waals surface area contributed by atoms with Gasteiger partial charge in [-0.15, -0.1) is 0 Å². The Balaban J connectivity index is 1.51. The smallest absolute Gasteiger partial charge is 0.115 e. The Morgan fingerprint density at radius 2 is 1.89 bits per heavy atom. The maximum atomic E-state index is 9.68. The lowest BCUT2D eigenvalue weighted by Gasteiger charge is -2.32. The molecular weight excluding hydrogens is 352 g/mol. The molecule has 1 aliphatic rings. The first-order valence-corrected chi connectivity index (χ1v) is 9.70. The molecule has 0 amide bonds. The van der Waals surface area contributed by atoms with Gasteiger partial charge in [0.25, 0.3) is 0 Å². The van der Waals surface area contributed by atoms with Crippen LogP contribution in [0.25, 0.3) is 0 Å². The number of phenolic OH excluding ortho intramolecular Hbond substituents is 1. The summed E-state index contributed by atoms with van der Waals surface area (Å²) in [4.78, 5) is 6.80. The quantitative estimate of drug-likeness (QED) is 0.391. The fraction of sp³-hybridized carbons (Fsp3) is 0.364. The molecular formula is C22H28N4O2. The van der Waals surface area contributed by atoms with Gasteiger partial charge in [-0.05, 0) is 73.7 Å². The van der Waals surface area contributed by atoms with Crippen molar-refractivity contribution in [2.24, 2.45) is 15.9 Å². The molecule has 6 nitrogen and oxygen atoms in total. The highest BCUT2D eigenvalue weighted by molar-refractivity contribution is 6.31. The Kier molecular flexibility index (Phi) is 7.17. The molecule has 0 radical (unpaired) electrons. The molecule has 0 bridgehead atoms. The lowest BCUT2D eigenvalue weighted by Crippen LogP contribution is -2.37. The second-order valence-electron chi connectivity index (χ2n) is 7.16. The number of likely N-dealkylation sites (tertiary alicyclic amines) is 1. The minimum absolute atomic E-state index is 0.148. The van der Waals surface area contributed by atoms with Gasteiger partial charge in [-0.25, -0.2) is 0 Å². The molecule has 148 valence electrons. The molecule has 1 fully saturated rings. The van der Waals surface area contributed by atoms with E-state index in [9.17, 15) is 5.11 Å². The SMILES string of the molecule is NN=C(C=Nc1ccc(CCO)cc1)CN1CCC(c2cccc(O)c2)CC1. The van der Waals surface area contributed by atoms with E-state index in [4.69, 9.17) is 10.9 Å². The fourth-order valence-corrected chi connectivity index (χ4v) is 3.57. The number of aliphatic hydroxyl groups is 1. The van der Waals surface area contributed by atoms with E-state index in [0.717, 1.165) is 42.9 Å². The van der Waals surface area contributed by atoms with E-state index in [1.165, 1.54) is 5.56 Å². The summed E-state index contributed by atoms with van der Waals surface area (Å²) in [5.74, 6) is 6.38. The van der Waals surface area contributed by atoms with Crippen LogP contribution in [0.15, 0.2) is 58.6 Å². The highest BCUT2D eigenvalue weighted by atomic mass is 16.3. The van der Waals surface area contributed by atoms with E-state index >= 15 is 0 Å². The topological polar surface area (TPSA) is 94.4 Å². The molecule has 3 rings (SSSR count). The third-order valence-corrected chi connectivity index (χ3v) is 5.18. The normalized spacial score (nSPS) is 16.7. The first-order valence-electron chi connectivity index (χ1n) is 9.70. The zero-order valence-corrected chi connectivity index (χ0v) is 16.0. The Bertz CT molecular complexity index is 810. The second kappa shape index (κ2) is 10.0. The maximum Gasteiger partial charge on any atom is 0.115 e. The molecule has 1 saturated heterocycles. The second-order valence-corrected chi connectivity index (χ2v) is 7.16. The van der Waals surface area contributed by atoms with E-state index in [-0.39, 0.29) is 6.61 Å². The van der Waals surface area contributed by atoms with Gasteiger partial charge in [-0.1, -0.05) is 24.3 Å². The zero-order valence-electron chi connectivity index (χ0n) is 16.0. The number of piperidine rings is 1. The molecule has 1 heterocycles. The van der Waals surface area contributed by atoms with Crippen LogP contribution in [-0.4, -0.2) is 53.3 Å². The van der Waals surface area contributed by atoms with Gasteiger partial charge in [0.1, 0.15) is 5.75 Å². The summed E-state index contributed by atoms with van der Waals surface area (Å²) < 4.78 is 0. The highest BCUT2D eigenvalue weighted by Gasteiger charge is 2.21. The molecule has 0 aliphatic carbocycles. The summed E-state index contributed by atoms with van der Waals surface area (Å²) in [5, 5.41) is 22.5. The Hall–Kier alpha value is -2.70. The van der Waals surface area contributed by atoms with Crippen molar-refractivity contribution in [2.45, 2.75) is 25.2 Å². The van der Waals surface area contributed by atoms with E-state index in [1.807, 2.05) is 36.4 Å². The van der Waals surface area contributed by atoms with E-state index in [1.54, 1.807) is 12.3 Å². The number of hydrazone groups is 1. The summed E-state index contributed by atoms with van der Waals surface area (Å²) in [5.41, 5.74) is 3.88. The summed E-state index contributed by atoms with van der Waals surface area (Å²) in [7, 11) is 0. The Labute approximate surface area is 166 Å². The number of hydrogen-bond acceptors (Lipinski definition) is 6. The number of aliphatic hydroxyl groups excluding tert-OH is 1. The molecule has 2 aromatic rings. The maximum absolute atomic E-state index is 9.68. The third-order valence-electron chi connectivity index (χ3n) is 5.18. The van der Waals surface area contributed by atoms with Gasteiger partial charge in [0.2, 0.25) is 0 Å². The molecule has 0 aromatic heterocycles. The fourth-order valence-electron chi connectivity index (χ4n) is 3.57. The number of phenols is 1. The van der Waals surface area contributed by atoms with Crippen molar-refractivity contribution in [1.29, 1.82) is 0 Å². The Morgan fingerprint density at radius 1 is 1.14 bits per heavy atom. The van der Waals surface area contributed by atoms with Crippen LogP contribution in [0.4, 0.5) is 5.69 Å². The number of aliphatic imine (C=N–C) groups is 1. The number of rotatable bonds is 7. The monoisotopic (exact) mass is 380 g/mol. The number of nitrogens with zero attached hydrogens (tertiary/aromatic N) is 3. The minimum atomic E-state index is 0.148. The molecule has 2 aromatic carbocycles. The van der Waals surface area contributed by atoms with Crippen LogP contribution in [0.1, 0.15) is 29.9 Å². The lowest BCUT2D eigenvalue weighted by molar-refractivity contribution is 0.239. The number of hydrogen-bond donors (Lipinski definition) is 3. The van der Waals surface area contributed by atoms with Crippen molar-refractivity contribution in [3.8, 4) is 5.75 Å². The Morgan fingerprint density at radius 3 is 2.54 bits per heavy atom. The molecule has 6 heteroatoms. The molecule has 0 unspecified atom stereocenters. The molecule has 4 N–H and O–H groups in total. The van der Waals surface area contributed by atoms with Crippen molar-refractivity contribution >= 4 is 17.6 Å². The zero-order chi connectivity index (χ0) is 19.8. The van der Waals surface area contributed by atoms with Crippen molar-refractivity contribution in [3.63, 3.8) is 0 Å². The number of nitrogens with two attached hydrogens (primary N) is 1. The van der Waals surface area contributed by atoms with Crippen LogP contribution >= 0.6 is 0 Å². The highest BCUT2D eigenvalue weighted by Crippen LogP contribution is 2.29. The largest absolute Gasteiger partial charge is 0.508 e. The number of benzene rings is 2. The van der Waals surface area contributed by atoms with Gasteiger partial charge in [-0.3, -0.25) is 9.89 Å². The van der Waals surface area contributed by atoms with E-state index in [0.29, 0.717) is 24.6 Å². The predicted molar refractivity (Wildman–Crippen MR) is 114 cm³/mol. The average Bonchev–Trinajstić information content (AvgIpc) is 2.73. The van der Waals surface area contributed by atoms with Gasteiger partial charge in [-0.2, -0.15) is 5.10 Å². The van der Waals surface area contributed by atoms with E-state index in [2.05, 4.69) is 21.1 Å². The first kappa shape index (κ1) is 20.0. The van der Waals surface area contributed by atoms with Gasteiger partial charge < -0.3 is 16.1 Å². The minimum Gasteiger partial charge on any atom is -0.508 e. The molecule has 0 spiro atoms. The van der Waals surface area contributed by atoms with Crippen molar-refractivity contribution in [1.82, 2.24) is 4.90 Å². The lowest BCUT2D eigenvalue weighted by atomic mass is 9.89. The summed E-state index contributed by atoms with van der Waals surface area (Å²) in [6.07, 6.45) is 4.47. The number of aromatic hydroxyl groups is 1. The first-order chi connectivity index (χ1) is 13.7. The van der Waals surface area contributed by atoms with Gasteiger partial charge in [0.15, 0.2) is 0 Å². The van der Waals surface area contributed by atoms with Crippen molar-refractivity contribution in [3.05, 3.63) is 59.7 Å². The molecule has 1 aliphatic heterocycles. The van der Waals surface area contributed by atoms with Crippen molar-refractivity contribution < 1.29 is 10.2 Å². The van der Waals surface area contributed by atoms with Crippen LogP contribution in [0.5, 0.6) is 5.75 Å². The van der Waals surface area contributed by atoms with Crippen LogP contribution < -0.4 is 5.84 Å². The molecule has 0 atom stereocenters. The predicted octanol–water partition coefficient (Wildman–Crippen LogP) is 2.82. The van der Waals surface area contributed by atoms with Gasteiger partial charge in [0, 0.05) is 13.2 Å². The average molecular weight is 380 g/mol. The van der Waals surface area contributed by atoms with Gasteiger partial charge in [0.05, 0.1) is 17.6 Å².